The van der Waals surface area contributed by atoms with Gasteiger partial charge < -0.3 is 24.5 Å². The Morgan fingerprint density at radius 3 is 2.30 bits per heavy atom. The Kier molecular flexibility index (Phi) is 6.79. The summed E-state index contributed by atoms with van der Waals surface area (Å²) in [5.41, 5.74) is 10.0. The van der Waals surface area contributed by atoms with Crippen molar-refractivity contribution < 1.29 is 14.2 Å². The van der Waals surface area contributed by atoms with Crippen molar-refractivity contribution in [1.29, 1.82) is 0 Å². The van der Waals surface area contributed by atoms with E-state index < -0.39 is 0 Å². The standard InChI is InChI=1S/C24H28N2O4/c1-16-11-22(30-15-20-8-6-5-7-18(20)13-25)17(2)24(27)26(16)14-19-9-10-21(28-3)12-23(19)29-4/h5-12H,13-15,25H2,1-4H3. The van der Waals surface area contributed by atoms with Crippen molar-refractivity contribution in [3.05, 3.63) is 86.8 Å². The maximum atomic E-state index is 13.1. The summed E-state index contributed by atoms with van der Waals surface area (Å²) >= 11 is 0. The van der Waals surface area contributed by atoms with E-state index in [1.165, 1.54) is 0 Å². The zero-order chi connectivity index (χ0) is 21.7. The number of pyridine rings is 1. The number of hydrogen-bond donors (Lipinski definition) is 1. The van der Waals surface area contributed by atoms with E-state index in [1.54, 1.807) is 25.7 Å². The largest absolute Gasteiger partial charge is 0.497 e. The fourth-order valence-corrected chi connectivity index (χ4v) is 3.40. The van der Waals surface area contributed by atoms with Gasteiger partial charge in [-0.25, -0.2) is 0 Å². The van der Waals surface area contributed by atoms with Gasteiger partial charge in [-0.3, -0.25) is 4.79 Å². The van der Waals surface area contributed by atoms with Crippen molar-refractivity contribution >= 4 is 0 Å². The Hall–Kier alpha value is -3.25. The van der Waals surface area contributed by atoms with Crippen LogP contribution in [0, 0.1) is 13.8 Å². The normalized spacial score (nSPS) is 10.7. The molecule has 0 unspecified atom stereocenters. The molecule has 158 valence electrons. The molecule has 2 N–H and O–H groups in total. The highest BCUT2D eigenvalue weighted by molar-refractivity contribution is 5.42. The van der Waals surface area contributed by atoms with Crippen molar-refractivity contribution in [3.8, 4) is 17.2 Å². The monoisotopic (exact) mass is 408 g/mol. The molecule has 0 radical (unpaired) electrons. The van der Waals surface area contributed by atoms with Crippen LogP contribution < -0.4 is 25.5 Å². The van der Waals surface area contributed by atoms with Crippen LogP contribution in [-0.2, 0) is 19.7 Å². The minimum Gasteiger partial charge on any atom is -0.497 e. The van der Waals surface area contributed by atoms with Crippen LogP contribution in [0.15, 0.2) is 53.3 Å². The quantitative estimate of drug-likeness (QED) is 0.617. The molecular weight excluding hydrogens is 380 g/mol. The molecule has 0 aliphatic carbocycles. The Bertz CT molecular complexity index is 1090. The SMILES string of the molecule is COc1ccc(Cn2c(C)cc(OCc3ccccc3CN)c(C)c2=O)c(OC)c1. The number of rotatable bonds is 8. The zero-order valence-electron chi connectivity index (χ0n) is 17.9. The Balaban J connectivity index is 1.87. The topological polar surface area (TPSA) is 75.7 Å². The summed E-state index contributed by atoms with van der Waals surface area (Å²) in [6.45, 7) is 4.90. The van der Waals surface area contributed by atoms with E-state index in [0.29, 0.717) is 42.5 Å². The third-order valence-corrected chi connectivity index (χ3v) is 5.25. The van der Waals surface area contributed by atoms with E-state index in [-0.39, 0.29) is 5.56 Å². The van der Waals surface area contributed by atoms with Crippen molar-refractivity contribution in [3.63, 3.8) is 0 Å². The smallest absolute Gasteiger partial charge is 0.257 e. The molecule has 6 heteroatoms. The van der Waals surface area contributed by atoms with Gasteiger partial charge in [-0.15, -0.1) is 0 Å². The molecule has 30 heavy (non-hydrogen) atoms. The molecule has 0 spiro atoms. The first-order valence-electron chi connectivity index (χ1n) is 9.80. The molecular formula is C24H28N2O4. The van der Waals surface area contributed by atoms with E-state index in [0.717, 1.165) is 22.4 Å². The summed E-state index contributed by atoms with van der Waals surface area (Å²) < 4.78 is 18.4. The lowest BCUT2D eigenvalue weighted by molar-refractivity contribution is 0.301. The molecule has 6 nitrogen and oxygen atoms in total. The molecule has 0 saturated heterocycles. The molecule has 3 aromatic rings. The van der Waals surface area contributed by atoms with Gasteiger partial charge in [0.05, 0.1) is 26.3 Å². The fourth-order valence-electron chi connectivity index (χ4n) is 3.40. The Morgan fingerprint density at radius 2 is 1.63 bits per heavy atom. The van der Waals surface area contributed by atoms with Crippen LogP contribution in [0.25, 0.3) is 0 Å². The molecule has 1 heterocycles. The van der Waals surface area contributed by atoms with Crippen molar-refractivity contribution in [1.82, 2.24) is 4.57 Å². The van der Waals surface area contributed by atoms with E-state index in [4.69, 9.17) is 19.9 Å². The van der Waals surface area contributed by atoms with Crippen LogP contribution >= 0.6 is 0 Å². The molecule has 0 atom stereocenters. The lowest BCUT2D eigenvalue weighted by Crippen LogP contribution is -2.25. The van der Waals surface area contributed by atoms with Crippen molar-refractivity contribution in [2.24, 2.45) is 5.73 Å². The molecule has 0 fully saturated rings. The molecule has 0 bridgehead atoms. The van der Waals surface area contributed by atoms with Gasteiger partial charge >= 0.3 is 0 Å². The van der Waals surface area contributed by atoms with E-state index in [9.17, 15) is 4.79 Å². The number of ether oxygens (including phenoxy) is 3. The second-order valence-corrected chi connectivity index (χ2v) is 7.11. The fraction of sp³-hybridized carbons (Fsp3) is 0.292. The highest BCUT2D eigenvalue weighted by Crippen LogP contribution is 2.26. The van der Waals surface area contributed by atoms with Crippen molar-refractivity contribution in [2.75, 3.05) is 14.2 Å². The maximum Gasteiger partial charge on any atom is 0.257 e. The van der Waals surface area contributed by atoms with Gasteiger partial charge in [0, 0.05) is 23.9 Å². The maximum absolute atomic E-state index is 13.1. The van der Waals surface area contributed by atoms with E-state index in [2.05, 4.69) is 0 Å². The second kappa shape index (κ2) is 9.50. The van der Waals surface area contributed by atoms with Gasteiger partial charge in [0.15, 0.2) is 0 Å². The van der Waals surface area contributed by atoms with Crippen LogP contribution in [0.3, 0.4) is 0 Å². The number of nitrogens with two attached hydrogens (primary N) is 1. The van der Waals surface area contributed by atoms with E-state index in [1.807, 2.05) is 55.5 Å². The third kappa shape index (κ3) is 4.49. The first kappa shape index (κ1) is 21.5. The summed E-state index contributed by atoms with van der Waals surface area (Å²) in [4.78, 5) is 13.1. The molecule has 0 amide bonds. The Morgan fingerprint density at radius 1 is 0.900 bits per heavy atom. The van der Waals surface area contributed by atoms with Crippen LogP contribution in [-0.4, -0.2) is 18.8 Å². The van der Waals surface area contributed by atoms with Gasteiger partial charge in [-0.05, 0) is 43.2 Å². The Labute approximate surface area is 176 Å². The average Bonchev–Trinajstić information content (AvgIpc) is 2.78. The predicted octanol–water partition coefficient (Wildman–Crippen LogP) is 3.57. The molecule has 0 saturated carbocycles. The zero-order valence-corrected chi connectivity index (χ0v) is 17.9. The summed E-state index contributed by atoms with van der Waals surface area (Å²) in [5.74, 6) is 1.97. The third-order valence-electron chi connectivity index (χ3n) is 5.25. The van der Waals surface area contributed by atoms with Gasteiger partial charge in [-0.2, -0.15) is 0 Å². The number of aryl methyl sites for hydroxylation is 1. The minimum absolute atomic E-state index is 0.0880. The van der Waals surface area contributed by atoms with Gasteiger partial charge in [0.25, 0.3) is 5.56 Å². The lowest BCUT2D eigenvalue weighted by atomic mass is 10.1. The minimum atomic E-state index is -0.0880. The van der Waals surface area contributed by atoms with Crippen LogP contribution in [0.1, 0.15) is 27.9 Å². The second-order valence-electron chi connectivity index (χ2n) is 7.11. The number of nitrogens with zero attached hydrogens (tertiary/aromatic N) is 1. The van der Waals surface area contributed by atoms with Crippen molar-refractivity contribution in [2.45, 2.75) is 33.5 Å². The number of benzene rings is 2. The highest BCUT2D eigenvalue weighted by atomic mass is 16.5. The molecule has 0 aliphatic rings. The lowest BCUT2D eigenvalue weighted by Gasteiger charge is -2.17. The predicted molar refractivity (Wildman–Crippen MR) is 117 cm³/mol. The number of hydrogen-bond acceptors (Lipinski definition) is 5. The van der Waals surface area contributed by atoms with Crippen LogP contribution in [0.5, 0.6) is 17.2 Å². The molecule has 3 rings (SSSR count). The number of methoxy groups -OCH3 is 2. The number of aromatic nitrogens is 1. The summed E-state index contributed by atoms with van der Waals surface area (Å²) in [7, 11) is 3.21. The summed E-state index contributed by atoms with van der Waals surface area (Å²) in [6, 6.07) is 15.4. The summed E-state index contributed by atoms with van der Waals surface area (Å²) in [6.07, 6.45) is 0. The average molecular weight is 408 g/mol. The first-order valence-corrected chi connectivity index (χ1v) is 9.80. The van der Waals surface area contributed by atoms with Gasteiger partial charge in [-0.1, -0.05) is 24.3 Å². The van der Waals surface area contributed by atoms with Crippen LogP contribution in [0.4, 0.5) is 0 Å². The summed E-state index contributed by atoms with van der Waals surface area (Å²) in [5, 5.41) is 0. The van der Waals surface area contributed by atoms with E-state index >= 15 is 0 Å². The van der Waals surface area contributed by atoms with Gasteiger partial charge in [0.2, 0.25) is 0 Å². The van der Waals surface area contributed by atoms with Gasteiger partial charge in [0.1, 0.15) is 23.9 Å². The molecule has 1 aromatic heterocycles. The highest BCUT2D eigenvalue weighted by Gasteiger charge is 2.14. The van der Waals surface area contributed by atoms with Crippen LogP contribution in [0.2, 0.25) is 0 Å². The molecule has 0 aliphatic heterocycles. The molecule has 2 aromatic carbocycles. The first-order chi connectivity index (χ1) is 14.5.